The molecule has 0 aromatic heterocycles. The number of allylic oxidation sites excluding steroid dienone is 1. The fourth-order valence-corrected chi connectivity index (χ4v) is 1.33. The van der Waals surface area contributed by atoms with E-state index in [2.05, 4.69) is 13.8 Å². The van der Waals surface area contributed by atoms with Crippen LogP contribution in [0.4, 0.5) is 0 Å². The summed E-state index contributed by atoms with van der Waals surface area (Å²) in [6, 6.07) is 0. The third kappa shape index (κ3) is 6.32. The molecule has 0 saturated carbocycles. The minimum absolute atomic E-state index is 0.0124. The zero-order valence-corrected chi connectivity index (χ0v) is 10.7. The summed E-state index contributed by atoms with van der Waals surface area (Å²) in [5, 5.41) is 0. The molecule has 0 aromatic carbocycles. The van der Waals surface area contributed by atoms with Crippen LogP contribution in [0.1, 0.15) is 53.9 Å². The fourth-order valence-electron chi connectivity index (χ4n) is 1.33. The molecule has 0 aliphatic carbocycles. The van der Waals surface area contributed by atoms with Crippen molar-refractivity contribution in [1.29, 1.82) is 0 Å². The monoisotopic (exact) mass is 212 g/mol. The molecule has 0 aromatic rings. The minimum Gasteiger partial charge on any atom is -0.459 e. The van der Waals surface area contributed by atoms with Gasteiger partial charge in [0.15, 0.2) is 0 Å². The van der Waals surface area contributed by atoms with E-state index in [0.717, 1.165) is 24.8 Å². The maximum Gasteiger partial charge on any atom is 0.330 e. The highest BCUT2D eigenvalue weighted by Crippen LogP contribution is 2.14. The van der Waals surface area contributed by atoms with Crippen LogP contribution in [0.2, 0.25) is 0 Å². The van der Waals surface area contributed by atoms with E-state index in [1.807, 2.05) is 20.8 Å². The molecule has 0 spiro atoms. The molecule has 0 aliphatic heterocycles. The van der Waals surface area contributed by atoms with Gasteiger partial charge in [-0.15, -0.1) is 0 Å². The lowest BCUT2D eigenvalue weighted by Gasteiger charge is -2.19. The zero-order chi connectivity index (χ0) is 11.8. The van der Waals surface area contributed by atoms with Gasteiger partial charge < -0.3 is 4.74 Å². The molecule has 2 atom stereocenters. The molecular formula is C13H24O2. The van der Waals surface area contributed by atoms with Crippen molar-refractivity contribution in [2.45, 2.75) is 60.0 Å². The summed E-state index contributed by atoms with van der Waals surface area (Å²) in [5.74, 6) is 0.235. The first-order chi connectivity index (χ1) is 7.01. The van der Waals surface area contributed by atoms with Crippen molar-refractivity contribution in [3.63, 3.8) is 0 Å². The van der Waals surface area contributed by atoms with Crippen molar-refractivity contribution in [2.75, 3.05) is 0 Å². The van der Waals surface area contributed by atoms with Gasteiger partial charge in [-0.05, 0) is 32.6 Å². The summed E-state index contributed by atoms with van der Waals surface area (Å²) in [6.45, 7) is 10.2. The van der Waals surface area contributed by atoms with Gasteiger partial charge in [-0.25, -0.2) is 4.79 Å². The van der Waals surface area contributed by atoms with Crippen molar-refractivity contribution in [3.05, 3.63) is 11.6 Å². The van der Waals surface area contributed by atoms with Gasteiger partial charge in [-0.3, -0.25) is 0 Å². The number of carbonyl (C=O) groups excluding carboxylic acids is 1. The molecule has 0 amide bonds. The predicted molar refractivity (Wildman–Crippen MR) is 63.7 cm³/mol. The average Bonchev–Trinajstić information content (AvgIpc) is 2.17. The number of rotatable bonds is 6. The second-order valence-corrected chi connectivity index (χ2v) is 4.25. The molecule has 2 unspecified atom stereocenters. The molecule has 2 nitrogen and oxygen atoms in total. The maximum atomic E-state index is 11.4. The van der Waals surface area contributed by atoms with Crippen LogP contribution in [-0.2, 0) is 9.53 Å². The van der Waals surface area contributed by atoms with Gasteiger partial charge in [0.25, 0.3) is 0 Å². The van der Waals surface area contributed by atoms with Crippen LogP contribution in [0.3, 0.4) is 0 Å². The quantitative estimate of drug-likeness (QED) is 0.495. The molecular weight excluding hydrogens is 188 g/mol. The lowest BCUT2D eigenvalue weighted by Crippen LogP contribution is -2.21. The topological polar surface area (TPSA) is 26.3 Å². The van der Waals surface area contributed by atoms with Crippen LogP contribution in [0, 0.1) is 5.92 Å². The van der Waals surface area contributed by atoms with E-state index in [1.165, 1.54) is 0 Å². The smallest absolute Gasteiger partial charge is 0.330 e. The molecule has 0 saturated heterocycles. The van der Waals surface area contributed by atoms with Gasteiger partial charge in [-0.1, -0.05) is 32.8 Å². The number of ether oxygens (including phenoxy) is 1. The van der Waals surface area contributed by atoms with E-state index in [1.54, 1.807) is 6.08 Å². The molecule has 0 radical (unpaired) electrons. The Kier molecular flexibility index (Phi) is 7.10. The van der Waals surface area contributed by atoms with E-state index in [9.17, 15) is 4.79 Å². The molecule has 15 heavy (non-hydrogen) atoms. The Hall–Kier alpha value is -0.790. The summed E-state index contributed by atoms with van der Waals surface area (Å²) >= 11 is 0. The molecule has 0 rings (SSSR count). The van der Waals surface area contributed by atoms with Crippen molar-refractivity contribution in [2.24, 2.45) is 5.92 Å². The predicted octanol–water partition coefficient (Wildman–Crippen LogP) is 3.71. The SMILES string of the molecule is CCCC(C)C(C)OC(=O)/C=C(/C)CC. The standard InChI is InChI=1S/C13H24O2/c1-6-8-11(4)12(5)15-13(14)9-10(3)7-2/h9,11-12H,6-8H2,1-5H3/b10-9-. The lowest BCUT2D eigenvalue weighted by atomic mass is 10.0. The first-order valence-corrected chi connectivity index (χ1v) is 5.89. The number of hydrogen-bond acceptors (Lipinski definition) is 2. The van der Waals surface area contributed by atoms with Crippen LogP contribution in [-0.4, -0.2) is 12.1 Å². The van der Waals surface area contributed by atoms with Gasteiger partial charge in [-0.2, -0.15) is 0 Å². The van der Waals surface area contributed by atoms with Gasteiger partial charge in [0.1, 0.15) is 6.10 Å². The van der Waals surface area contributed by atoms with E-state index < -0.39 is 0 Å². The largest absolute Gasteiger partial charge is 0.459 e. The second-order valence-electron chi connectivity index (χ2n) is 4.25. The summed E-state index contributed by atoms with van der Waals surface area (Å²) in [7, 11) is 0. The second kappa shape index (κ2) is 7.49. The highest BCUT2D eigenvalue weighted by molar-refractivity contribution is 5.82. The summed E-state index contributed by atoms with van der Waals surface area (Å²) in [6.07, 6.45) is 4.74. The zero-order valence-electron chi connectivity index (χ0n) is 10.7. The average molecular weight is 212 g/mol. The number of esters is 1. The Morgan fingerprint density at radius 1 is 1.33 bits per heavy atom. The molecule has 0 N–H and O–H groups in total. The van der Waals surface area contributed by atoms with Gasteiger partial charge >= 0.3 is 5.97 Å². The minimum atomic E-state index is -0.204. The molecule has 0 heterocycles. The van der Waals surface area contributed by atoms with E-state index in [0.29, 0.717) is 5.92 Å². The van der Waals surface area contributed by atoms with E-state index in [4.69, 9.17) is 4.74 Å². The van der Waals surface area contributed by atoms with Gasteiger partial charge in [0.2, 0.25) is 0 Å². The molecule has 0 bridgehead atoms. The van der Waals surface area contributed by atoms with Crippen molar-refractivity contribution in [3.8, 4) is 0 Å². The third-order valence-corrected chi connectivity index (χ3v) is 2.77. The Balaban J connectivity index is 4.06. The highest BCUT2D eigenvalue weighted by Gasteiger charge is 2.14. The van der Waals surface area contributed by atoms with Crippen LogP contribution in [0.25, 0.3) is 0 Å². The fraction of sp³-hybridized carbons (Fsp3) is 0.769. The van der Waals surface area contributed by atoms with Gasteiger partial charge in [0.05, 0.1) is 0 Å². The number of carbonyl (C=O) groups is 1. The normalized spacial score (nSPS) is 15.9. The van der Waals surface area contributed by atoms with E-state index in [-0.39, 0.29) is 12.1 Å². The first-order valence-electron chi connectivity index (χ1n) is 5.89. The lowest BCUT2D eigenvalue weighted by molar-refractivity contribution is -0.144. The number of hydrogen-bond donors (Lipinski definition) is 0. The van der Waals surface area contributed by atoms with Crippen LogP contribution >= 0.6 is 0 Å². The Morgan fingerprint density at radius 3 is 2.40 bits per heavy atom. The highest BCUT2D eigenvalue weighted by atomic mass is 16.5. The van der Waals surface area contributed by atoms with E-state index >= 15 is 0 Å². The first kappa shape index (κ1) is 14.2. The van der Waals surface area contributed by atoms with Crippen LogP contribution in [0.5, 0.6) is 0 Å². The molecule has 2 heteroatoms. The van der Waals surface area contributed by atoms with Crippen molar-refractivity contribution >= 4 is 5.97 Å². The van der Waals surface area contributed by atoms with Crippen LogP contribution in [0.15, 0.2) is 11.6 Å². The maximum absolute atomic E-state index is 11.4. The van der Waals surface area contributed by atoms with Crippen LogP contribution < -0.4 is 0 Å². The molecule has 0 aliphatic rings. The third-order valence-electron chi connectivity index (χ3n) is 2.77. The Bertz CT molecular complexity index is 219. The van der Waals surface area contributed by atoms with Crippen molar-refractivity contribution < 1.29 is 9.53 Å². The van der Waals surface area contributed by atoms with Gasteiger partial charge in [0, 0.05) is 6.08 Å². The Labute approximate surface area is 93.7 Å². The Morgan fingerprint density at radius 2 is 1.93 bits per heavy atom. The van der Waals surface area contributed by atoms with Crippen molar-refractivity contribution in [1.82, 2.24) is 0 Å². The summed E-state index contributed by atoms with van der Waals surface area (Å²) < 4.78 is 5.32. The molecule has 88 valence electrons. The molecule has 0 fully saturated rings. The summed E-state index contributed by atoms with van der Waals surface area (Å²) in [5.41, 5.74) is 1.07. The summed E-state index contributed by atoms with van der Waals surface area (Å²) in [4.78, 5) is 11.4.